The number of benzene rings is 1. The highest BCUT2D eigenvalue weighted by Gasteiger charge is 2.23. The largest absolute Gasteiger partial charge is 0.297 e. The second kappa shape index (κ2) is 7.44. The Hall–Kier alpha value is -1.80. The third-order valence-corrected chi connectivity index (χ3v) is 6.44. The molecule has 3 heterocycles. The van der Waals surface area contributed by atoms with Gasteiger partial charge in [-0.1, -0.05) is 23.7 Å². The molecule has 1 aromatic carbocycles. The summed E-state index contributed by atoms with van der Waals surface area (Å²) in [4.78, 5) is 20.6. The molecule has 0 fully saturated rings. The van der Waals surface area contributed by atoms with E-state index in [1.807, 2.05) is 11.4 Å². The van der Waals surface area contributed by atoms with Gasteiger partial charge >= 0.3 is 0 Å². The number of rotatable bonds is 4. The highest BCUT2D eigenvalue weighted by molar-refractivity contribution is 7.16. The van der Waals surface area contributed by atoms with Gasteiger partial charge in [-0.15, -0.1) is 22.7 Å². The van der Waals surface area contributed by atoms with Gasteiger partial charge in [0.15, 0.2) is 5.13 Å². The molecule has 1 amide bonds. The van der Waals surface area contributed by atoms with Gasteiger partial charge < -0.3 is 0 Å². The first-order valence-corrected chi connectivity index (χ1v) is 10.2. The Morgan fingerprint density at radius 3 is 3.00 bits per heavy atom. The highest BCUT2D eigenvalue weighted by Crippen LogP contribution is 2.30. The summed E-state index contributed by atoms with van der Waals surface area (Å²) in [5, 5.41) is 5.79. The minimum atomic E-state index is -0.281. The van der Waals surface area contributed by atoms with E-state index < -0.39 is 0 Å². The Bertz CT molecular complexity index is 922. The standard InChI is InChI=1S/C18H15ClFN3OS2/c19-12-3-1-4-13(20)11(12)9-23-7-6-14-16(10-23)26-18(21-14)22-17(24)15-5-2-8-25-15/h1-5,8H,6-7,9-10H2,(H,21,22,24). The zero-order valence-corrected chi connectivity index (χ0v) is 16.1. The maximum Gasteiger partial charge on any atom is 0.267 e. The van der Waals surface area contributed by atoms with Gasteiger partial charge in [0.1, 0.15) is 5.82 Å². The second-order valence-corrected chi connectivity index (χ2v) is 8.42. The first-order chi connectivity index (χ1) is 12.6. The molecule has 1 N–H and O–H groups in total. The van der Waals surface area contributed by atoms with Crippen molar-refractivity contribution in [3.8, 4) is 0 Å². The normalized spacial score (nSPS) is 14.2. The van der Waals surface area contributed by atoms with Gasteiger partial charge in [0.2, 0.25) is 0 Å². The van der Waals surface area contributed by atoms with E-state index in [4.69, 9.17) is 11.6 Å². The molecule has 0 atom stereocenters. The van der Waals surface area contributed by atoms with Crippen molar-refractivity contribution in [2.24, 2.45) is 0 Å². The molecule has 4 rings (SSSR count). The van der Waals surface area contributed by atoms with Gasteiger partial charge in [-0.3, -0.25) is 15.0 Å². The fourth-order valence-corrected chi connectivity index (χ4v) is 4.80. The molecule has 0 unspecified atom stereocenters. The fraction of sp³-hybridized carbons (Fsp3) is 0.222. The van der Waals surface area contributed by atoms with Crippen LogP contribution >= 0.6 is 34.3 Å². The number of carbonyl (C=O) groups excluding carboxylic acids is 1. The van der Waals surface area contributed by atoms with Crippen LogP contribution in [0.5, 0.6) is 0 Å². The van der Waals surface area contributed by atoms with Crippen molar-refractivity contribution in [1.82, 2.24) is 9.88 Å². The van der Waals surface area contributed by atoms with Crippen molar-refractivity contribution < 1.29 is 9.18 Å². The molecule has 2 aromatic heterocycles. The molecule has 8 heteroatoms. The Morgan fingerprint density at radius 1 is 1.35 bits per heavy atom. The predicted molar refractivity (Wildman–Crippen MR) is 104 cm³/mol. The molecule has 4 nitrogen and oxygen atoms in total. The lowest BCUT2D eigenvalue weighted by Gasteiger charge is -2.26. The van der Waals surface area contributed by atoms with Crippen molar-refractivity contribution in [2.45, 2.75) is 19.5 Å². The quantitative estimate of drug-likeness (QED) is 0.675. The molecule has 0 spiro atoms. The van der Waals surface area contributed by atoms with E-state index in [0.29, 0.717) is 33.7 Å². The Labute approximate surface area is 163 Å². The Morgan fingerprint density at radius 2 is 2.23 bits per heavy atom. The summed E-state index contributed by atoms with van der Waals surface area (Å²) in [5.74, 6) is -0.419. The smallest absolute Gasteiger partial charge is 0.267 e. The number of halogens is 2. The third-order valence-electron chi connectivity index (χ3n) is 4.22. The Balaban J connectivity index is 1.46. The molecule has 0 bridgehead atoms. The monoisotopic (exact) mass is 407 g/mol. The zero-order chi connectivity index (χ0) is 18.1. The first kappa shape index (κ1) is 17.6. The highest BCUT2D eigenvalue weighted by atomic mass is 35.5. The average Bonchev–Trinajstić information content (AvgIpc) is 3.27. The number of hydrogen-bond acceptors (Lipinski definition) is 5. The van der Waals surface area contributed by atoms with Gasteiger partial charge in [0.25, 0.3) is 5.91 Å². The lowest BCUT2D eigenvalue weighted by atomic mass is 10.1. The SMILES string of the molecule is O=C(Nc1nc2c(s1)CN(Cc1c(F)cccc1Cl)CC2)c1cccs1. The van der Waals surface area contributed by atoms with E-state index in [-0.39, 0.29) is 11.7 Å². The predicted octanol–water partition coefficient (Wildman–Crippen LogP) is 4.81. The van der Waals surface area contributed by atoms with E-state index in [9.17, 15) is 9.18 Å². The topological polar surface area (TPSA) is 45.2 Å². The molecule has 1 aliphatic rings. The summed E-state index contributed by atoms with van der Waals surface area (Å²) in [6.45, 7) is 1.91. The van der Waals surface area contributed by atoms with Crippen LogP contribution in [-0.2, 0) is 19.5 Å². The summed E-state index contributed by atoms with van der Waals surface area (Å²) in [5.41, 5.74) is 1.53. The Kier molecular flexibility index (Phi) is 5.04. The van der Waals surface area contributed by atoms with Crippen molar-refractivity contribution in [1.29, 1.82) is 0 Å². The average molecular weight is 408 g/mol. The molecular formula is C18H15ClFN3OS2. The number of amides is 1. The molecule has 0 saturated heterocycles. The molecular weight excluding hydrogens is 393 g/mol. The van der Waals surface area contributed by atoms with E-state index in [0.717, 1.165) is 23.5 Å². The molecule has 3 aromatic rings. The molecule has 26 heavy (non-hydrogen) atoms. The molecule has 0 saturated carbocycles. The minimum absolute atomic E-state index is 0.138. The lowest BCUT2D eigenvalue weighted by Crippen LogP contribution is -2.29. The van der Waals surface area contributed by atoms with E-state index in [1.165, 1.54) is 28.7 Å². The van der Waals surface area contributed by atoms with E-state index >= 15 is 0 Å². The van der Waals surface area contributed by atoms with Gasteiger partial charge in [-0.2, -0.15) is 0 Å². The number of nitrogens with one attached hydrogen (secondary N) is 1. The number of aromatic nitrogens is 1. The van der Waals surface area contributed by atoms with E-state index in [1.54, 1.807) is 18.2 Å². The van der Waals surface area contributed by atoms with Crippen LogP contribution in [0.15, 0.2) is 35.7 Å². The first-order valence-electron chi connectivity index (χ1n) is 8.09. The van der Waals surface area contributed by atoms with Crippen LogP contribution in [0.4, 0.5) is 9.52 Å². The third kappa shape index (κ3) is 3.66. The summed E-state index contributed by atoms with van der Waals surface area (Å²) in [6.07, 6.45) is 0.771. The maximum atomic E-state index is 14.0. The summed E-state index contributed by atoms with van der Waals surface area (Å²) in [6, 6.07) is 8.38. The number of fused-ring (bicyclic) bond motifs is 1. The number of carbonyl (C=O) groups is 1. The summed E-state index contributed by atoms with van der Waals surface area (Å²) in [7, 11) is 0. The van der Waals surface area contributed by atoms with Crippen LogP contribution in [0, 0.1) is 5.82 Å². The second-order valence-electron chi connectivity index (χ2n) is 5.98. The van der Waals surface area contributed by atoms with Crippen LogP contribution in [0.2, 0.25) is 5.02 Å². The van der Waals surface area contributed by atoms with Crippen LogP contribution < -0.4 is 5.32 Å². The molecule has 0 aliphatic carbocycles. The van der Waals surface area contributed by atoms with Crippen LogP contribution in [-0.4, -0.2) is 22.3 Å². The van der Waals surface area contributed by atoms with Gasteiger partial charge in [-0.25, -0.2) is 9.37 Å². The zero-order valence-electron chi connectivity index (χ0n) is 13.7. The van der Waals surface area contributed by atoms with Crippen LogP contribution in [0.3, 0.4) is 0 Å². The summed E-state index contributed by atoms with van der Waals surface area (Å²) < 4.78 is 14.0. The molecule has 1 aliphatic heterocycles. The summed E-state index contributed by atoms with van der Waals surface area (Å²) >= 11 is 9.01. The van der Waals surface area contributed by atoms with Gasteiger partial charge in [0.05, 0.1) is 10.6 Å². The van der Waals surface area contributed by atoms with Crippen molar-refractivity contribution in [2.75, 3.05) is 11.9 Å². The van der Waals surface area contributed by atoms with Gasteiger partial charge in [0, 0.05) is 41.5 Å². The number of nitrogens with zero attached hydrogens (tertiary/aromatic N) is 2. The van der Waals surface area contributed by atoms with Gasteiger partial charge in [-0.05, 0) is 23.6 Å². The minimum Gasteiger partial charge on any atom is -0.297 e. The van der Waals surface area contributed by atoms with Crippen molar-refractivity contribution in [3.63, 3.8) is 0 Å². The fourth-order valence-electron chi connectivity index (χ4n) is 2.91. The number of anilines is 1. The molecule has 134 valence electrons. The van der Waals surface area contributed by atoms with E-state index in [2.05, 4.69) is 15.2 Å². The molecule has 0 radical (unpaired) electrons. The number of thiazole rings is 1. The maximum absolute atomic E-state index is 14.0. The number of thiophene rings is 1. The van der Waals surface area contributed by atoms with Crippen LogP contribution in [0.25, 0.3) is 0 Å². The number of hydrogen-bond donors (Lipinski definition) is 1. The lowest BCUT2D eigenvalue weighted by molar-refractivity contribution is 0.103. The van der Waals surface area contributed by atoms with Crippen molar-refractivity contribution in [3.05, 3.63) is 67.6 Å². The van der Waals surface area contributed by atoms with Crippen molar-refractivity contribution >= 4 is 45.3 Å². The van der Waals surface area contributed by atoms with Crippen LogP contribution in [0.1, 0.15) is 25.8 Å².